The molecule has 1 aliphatic carbocycles. The number of piperidine rings is 1. The summed E-state index contributed by atoms with van der Waals surface area (Å²) in [7, 11) is 0. The van der Waals surface area contributed by atoms with Crippen molar-refractivity contribution in [2.24, 2.45) is 5.92 Å². The number of hydrogen-bond donors (Lipinski definition) is 1. The molecule has 2 aliphatic rings. The fourth-order valence-corrected chi connectivity index (χ4v) is 5.35. The lowest BCUT2D eigenvalue weighted by Gasteiger charge is -2.30. The Morgan fingerprint density at radius 2 is 2.10 bits per heavy atom. The van der Waals surface area contributed by atoms with E-state index in [0.29, 0.717) is 10.8 Å². The normalized spacial score (nSPS) is 19.0. The van der Waals surface area contributed by atoms with Gasteiger partial charge in [-0.05, 0) is 56.7 Å². The Labute approximate surface area is 180 Å². The number of para-hydroxylation sites is 1. The van der Waals surface area contributed by atoms with Crippen LogP contribution in [-0.2, 0) is 19.4 Å². The van der Waals surface area contributed by atoms with Gasteiger partial charge in [-0.15, -0.1) is 11.3 Å². The molecule has 1 atom stereocenters. The zero-order valence-corrected chi connectivity index (χ0v) is 18.1. The molecule has 1 aliphatic heterocycles. The molecule has 3 aromatic rings. The van der Waals surface area contributed by atoms with Crippen LogP contribution in [0.5, 0.6) is 0 Å². The summed E-state index contributed by atoms with van der Waals surface area (Å²) in [4.78, 5) is 20.2. The second-order valence-corrected chi connectivity index (χ2v) is 9.31. The van der Waals surface area contributed by atoms with Crippen LogP contribution in [0.1, 0.15) is 53.6 Å². The van der Waals surface area contributed by atoms with Gasteiger partial charge >= 0.3 is 0 Å². The predicted octanol–water partition coefficient (Wildman–Crippen LogP) is 4.30. The molecule has 0 saturated carbocycles. The molecule has 1 unspecified atom stereocenters. The zero-order chi connectivity index (χ0) is 20.5. The molecule has 1 N–H and O–H groups in total. The highest BCUT2D eigenvalue weighted by molar-refractivity contribution is 7.13. The molecule has 1 saturated heterocycles. The third kappa shape index (κ3) is 3.91. The third-order valence-electron chi connectivity index (χ3n) is 6.05. The first kappa shape index (κ1) is 19.5. The van der Waals surface area contributed by atoms with Crippen molar-refractivity contribution >= 4 is 22.4 Å². The summed E-state index contributed by atoms with van der Waals surface area (Å²) in [5.74, 6) is 0.591. The minimum atomic E-state index is -0.157. The highest BCUT2D eigenvalue weighted by atomic mass is 32.1. The summed E-state index contributed by atoms with van der Waals surface area (Å²) in [5.41, 5.74) is 4.81. The summed E-state index contributed by atoms with van der Waals surface area (Å²) in [5, 5.41) is 10.4. The molecule has 7 heteroatoms. The van der Waals surface area contributed by atoms with Gasteiger partial charge in [0.25, 0.3) is 5.91 Å². The number of amides is 1. The smallest absolute Gasteiger partial charge is 0.278 e. The van der Waals surface area contributed by atoms with Crippen molar-refractivity contribution in [3.05, 3.63) is 58.4 Å². The van der Waals surface area contributed by atoms with E-state index in [2.05, 4.69) is 32.6 Å². The molecule has 5 rings (SSSR count). The Morgan fingerprint density at radius 1 is 1.23 bits per heavy atom. The van der Waals surface area contributed by atoms with Gasteiger partial charge in [-0.2, -0.15) is 5.10 Å². The lowest BCUT2D eigenvalue weighted by atomic mass is 10.0. The van der Waals surface area contributed by atoms with Crippen LogP contribution in [0, 0.1) is 5.92 Å². The van der Waals surface area contributed by atoms with Crippen LogP contribution in [0.3, 0.4) is 0 Å². The number of anilines is 1. The van der Waals surface area contributed by atoms with E-state index in [0.717, 1.165) is 67.5 Å². The second kappa shape index (κ2) is 8.32. The van der Waals surface area contributed by atoms with Gasteiger partial charge in [0.15, 0.2) is 10.8 Å². The lowest BCUT2D eigenvalue weighted by molar-refractivity contribution is 0.102. The number of fused-ring (bicyclic) bond motifs is 1. The molecule has 30 heavy (non-hydrogen) atoms. The number of benzene rings is 1. The molecule has 1 amide bonds. The molecular formula is C23H27N5OS. The van der Waals surface area contributed by atoms with E-state index in [1.165, 1.54) is 24.2 Å². The molecular weight excluding hydrogens is 394 g/mol. The lowest BCUT2D eigenvalue weighted by Crippen LogP contribution is -2.33. The molecule has 3 heterocycles. The first-order chi connectivity index (χ1) is 14.7. The second-order valence-electron chi connectivity index (χ2n) is 8.46. The van der Waals surface area contributed by atoms with Crippen molar-refractivity contribution in [1.29, 1.82) is 0 Å². The number of nitrogens with zero attached hydrogens (tertiary/aromatic N) is 4. The van der Waals surface area contributed by atoms with Crippen LogP contribution in [0.15, 0.2) is 35.7 Å². The summed E-state index contributed by atoms with van der Waals surface area (Å²) in [6.45, 7) is 5.43. The predicted molar refractivity (Wildman–Crippen MR) is 119 cm³/mol. The van der Waals surface area contributed by atoms with Gasteiger partial charge in [0.1, 0.15) is 0 Å². The van der Waals surface area contributed by atoms with E-state index in [1.807, 2.05) is 35.0 Å². The number of carbonyl (C=O) groups is 1. The first-order valence-electron chi connectivity index (χ1n) is 10.8. The average Bonchev–Trinajstić information content (AvgIpc) is 3.45. The van der Waals surface area contributed by atoms with E-state index >= 15 is 0 Å². The molecule has 0 spiro atoms. The number of thiazole rings is 1. The number of carbonyl (C=O) groups excluding carboxylic acids is 1. The molecule has 0 radical (unpaired) electrons. The Kier molecular flexibility index (Phi) is 5.39. The van der Waals surface area contributed by atoms with E-state index in [9.17, 15) is 4.79 Å². The summed E-state index contributed by atoms with van der Waals surface area (Å²) in [6, 6.07) is 10.0. The molecule has 1 aromatic carbocycles. The number of rotatable bonds is 5. The van der Waals surface area contributed by atoms with E-state index in [4.69, 9.17) is 0 Å². The van der Waals surface area contributed by atoms with Crippen LogP contribution in [0.2, 0.25) is 0 Å². The molecule has 0 bridgehead atoms. The molecule has 6 nitrogen and oxygen atoms in total. The van der Waals surface area contributed by atoms with Crippen LogP contribution >= 0.6 is 11.3 Å². The van der Waals surface area contributed by atoms with Crippen molar-refractivity contribution in [3.8, 4) is 5.69 Å². The maximum absolute atomic E-state index is 13.0. The van der Waals surface area contributed by atoms with E-state index < -0.39 is 0 Å². The quantitative estimate of drug-likeness (QED) is 0.667. The van der Waals surface area contributed by atoms with Gasteiger partial charge < -0.3 is 0 Å². The average molecular weight is 422 g/mol. The van der Waals surface area contributed by atoms with Gasteiger partial charge in [-0.25, -0.2) is 9.67 Å². The van der Waals surface area contributed by atoms with E-state index in [1.54, 1.807) is 0 Å². The first-order valence-corrected chi connectivity index (χ1v) is 11.7. The van der Waals surface area contributed by atoms with Crippen molar-refractivity contribution in [3.63, 3.8) is 0 Å². The standard InChI is InChI=1S/C23H27N5OS/c1-16-7-6-12-27(13-16)14-17-15-30-23(24-17)25-22(29)21-19-10-5-11-20(19)28(26-21)18-8-3-2-4-9-18/h2-4,8-9,15-16H,5-7,10-14H2,1H3,(H,24,25,29). The van der Waals surface area contributed by atoms with Gasteiger partial charge in [-0.3, -0.25) is 15.0 Å². The molecule has 156 valence electrons. The number of likely N-dealkylation sites (tertiary alicyclic amines) is 1. The topological polar surface area (TPSA) is 63.1 Å². The van der Waals surface area contributed by atoms with E-state index in [-0.39, 0.29) is 5.91 Å². The number of nitrogens with one attached hydrogen (secondary N) is 1. The minimum Gasteiger partial charge on any atom is -0.297 e. The highest BCUT2D eigenvalue weighted by Crippen LogP contribution is 2.29. The van der Waals surface area contributed by atoms with Crippen LogP contribution < -0.4 is 5.32 Å². The van der Waals surface area contributed by atoms with Crippen molar-refractivity contribution in [1.82, 2.24) is 19.7 Å². The van der Waals surface area contributed by atoms with Crippen LogP contribution in [0.25, 0.3) is 5.69 Å². The fraction of sp³-hybridized carbons (Fsp3) is 0.435. The summed E-state index contributed by atoms with van der Waals surface area (Å²) < 4.78 is 1.93. The zero-order valence-electron chi connectivity index (χ0n) is 17.3. The number of aromatic nitrogens is 3. The van der Waals surface area contributed by atoms with Gasteiger partial charge in [0.2, 0.25) is 0 Å². The monoisotopic (exact) mass is 421 g/mol. The molecule has 1 fully saturated rings. The summed E-state index contributed by atoms with van der Waals surface area (Å²) >= 11 is 1.49. The van der Waals surface area contributed by atoms with Gasteiger partial charge in [0.05, 0.1) is 11.4 Å². The maximum atomic E-state index is 13.0. The third-order valence-corrected chi connectivity index (χ3v) is 6.85. The Hall–Kier alpha value is -2.51. The molecule has 2 aromatic heterocycles. The Balaban J connectivity index is 1.31. The van der Waals surface area contributed by atoms with Crippen LogP contribution in [-0.4, -0.2) is 38.7 Å². The SMILES string of the molecule is CC1CCCN(Cc2csc(NC(=O)c3nn(-c4ccccc4)c4c3CCC4)n2)C1. The van der Waals surface area contributed by atoms with Gasteiger partial charge in [-0.1, -0.05) is 25.1 Å². The highest BCUT2D eigenvalue weighted by Gasteiger charge is 2.27. The maximum Gasteiger partial charge on any atom is 0.278 e. The minimum absolute atomic E-state index is 0.157. The Morgan fingerprint density at radius 3 is 2.93 bits per heavy atom. The fourth-order valence-electron chi connectivity index (χ4n) is 4.66. The largest absolute Gasteiger partial charge is 0.297 e. The van der Waals surface area contributed by atoms with Crippen molar-refractivity contribution in [2.75, 3.05) is 18.4 Å². The van der Waals surface area contributed by atoms with Crippen LogP contribution in [0.4, 0.5) is 5.13 Å². The number of hydrogen-bond acceptors (Lipinski definition) is 5. The van der Waals surface area contributed by atoms with Crippen molar-refractivity contribution in [2.45, 2.75) is 45.6 Å². The summed E-state index contributed by atoms with van der Waals surface area (Å²) in [6.07, 6.45) is 5.50. The van der Waals surface area contributed by atoms with Gasteiger partial charge in [0, 0.05) is 29.7 Å². The Bertz CT molecular complexity index is 1040. The van der Waals surface area contributed by atoms with Crippen molar-refractivity contribution < 1.29 is 4.79 Å².